The minimum Gasteiger partial charge on any atom is -0.490 e. The van der Waals surface area contributed by atoms with Crippen LogP contribution in [0.3, 0.4) is 0 Å². The number of fused-ring (bicyclic) bond motifs is 2. The normalized spacial score (nSPS) is 21.9. The Morgan fingerprint density at radius 2 is 1.59 bits per heavy atom. The molecule has 2 aromatic rings. The molecule has 0 aromatic heterocycles. The number of carbonyl (C=O) groups is 2. The van der Waals surface area contributed by atoms with Crippen molar-refractivity contribution >= 4 is 11.9 Å². The maximum Gasteiger partial charge on any atom is 0.326 e. The molecule has 180 valence electrons. The second-order valence-corrected chi connectivity index (χ2v) is 9.50. The van der Waals surface area contributed by atoms with Crippen molar-refractivity contribution in [2.75, 3.05) is 26.4 Å². The van der Waals surface area contributed by atoms with E-state index >= 15 is 0 Å². The van der Waals surface area contributed by atoms with Crippen LogP contribution in [-0.2, 0) is 36.1 Å². The van der Waals surface area contributed by atoms with Crippen molar-refractivity contribution in [2.24, 2.45) is 0 Å². The number of nitrogens with one attached hydrogen (secondary N) is 1. The molecule has 2 heterocycles. The van der Waals surface area contributed by atoms with Crippen LogP contribution in [0.15, 0.2) is 30.3 Å². The molecule has 0 radical (unpaired) electrons. The predicted octanol–water partition coefficient (Wildman–Crippen LogP) is 3.76. The SMILES string of the molecule is CCOc1cc2c(cc1OCC)CN(CN1C(=O)N[C@@](C)(c3ccc4c(c3)CCC4)C1=O)CC2. The fourth-order valence-electron chi connectivity index (χ4n) is 5.38. The van der Waals surface area contributed by atoms with Crippen LogP contribution in [0.4, 0.5) is 4.79 Å². The number of ether oxygens (including phenoxy) is 2. The van der Waals surface area contributed by atoms with Gasteiger partial charge in [0.1, 0.15) is 5.54 Å². The largest absolute Gasteiger partial charge is 0.490 e. The quantitative estimate of drug-likeness (QED) is 0.633. The van der Waals surface area contributed by atoms with Crippen LogP contribution in [0.1, 0.15) is 55.0 Å². The Morgan fingerprint density at radius 3 is 2.32 bits per heavy atom. The molecule has 5 rings (SSSR count). The summed E-state index contributed by atoms with van der Waals surface area (Å²) < 4.78 is 11.6. The third-order valence-corrected chi connectivity index (χ3v) is 7.25. The monoisotopic (exact) mass is 463 g/mol. The third kappa shape index (κ3) is 3.92. The van der Waals surface area contributed by atoms with Gasteiger partial charge in [0.15, 0.2) is 11.5 Å². The summed E-state index contributed by atoms with van der Waals surface area (Å²) in [5.41, 5.74) is 4.85. The fraction of sp³-hybridized carbons (Fsp3) is 0.481. The molecule has 7 heteroatoms. The summed E-state index contributed by atoms with van der Waals surface area (Å²) in [6.07, 6.45) is 4.10. The number of amides is 3. The molecule has 1 aliphatic carbocycles. The van der Waals surface area contributed by atoms with Crippen molar-refractivity contribution in [3.63, 3.8) is 0 Å². The fourth-order valence-corrected chi connectivity index (χ4v) is 5.38. The molecule has 2 aliphatic heterocycles. The van der Waals surface area contributed by atoms with Crippen LogP contribution in [0, 0.1) is 0 Å². The van der Waals surface area contributed by atoms with Gasteiger partial charge in [-0.05, 0) is 86.4 Å². The van der Waals surface area contributed by atoms with Gasteiger partial charge in [-0.25, -0.2) is 9.69 Å². The summed E-state index contributed by atoms with van der Waals surface area (Å²) in [4.78, 5) is 29.9. The first kappa shape index (κ1) is 22.7. The number of nitrogens with zero attached hydrogens (tertiary/aromatic N) is 2. The number of carbonyl (C=O) groups excluding carboxylic acids is 2. The Kier molecular flexibility index (Phi) is 5.98. The number of hydrogen-bond donors (Lipinski definition) is 1. The molecule has 2 aromatic carbocycles. The third-order valence-electron chi connectivity index (χ3n) is 7.25. The highest BCUT2D eigenvalue weighted by atomic mass is 16.5. The van der Waals surface area contributed by atoms with Crippen molar-refractivity contribution in [1.29, 1.82) is 0 Å². The van der Waals surface area contributed by atoms with E-state index in [1.54, 1.807) is 0 Å². The van der Waals surface area contributed by atoms with Gasteiger partial charge in [0.25, 0.3) is 5.91 Å². The summed E-state index contributed by atoms with van der Waals surface area (Å²) in [5.74, 6) is 1.32. The Balaban J connectivity index is 1.33. The van der Waals surface area contributed by atoms with Crippen LogP contribution in [0.2, 0.25) is 0 Å². The van der Waals surface area contributed by atoms with Gasteiger partial charge in [-0.3, -0.25) is 9.69 Å². The van der Waals surface area contributed by atoms with E-state index in [0.717, 1.165) is 54.9 Å². The second-order valence-electron chi connectivity index (χ2n) is 9.50. The van der Waals surface area contributed by atoms with Gasteiger partial charge in [0.2, 0.25) is 0 Å². The number of benzene rings is 2. The standard InChI is InChI=1S/C27H33N3O4/c1-4-33-23-14-20-11-12-29(16-21(20)15-24(23)34-5-2)17-30-25(31)27(3,28-26(30)32)22-10-9-18-7-6-8-19(18)13-22/h9-10,13-15H,4-8,11-12,16-17H2,1-3H3,(H,28,32)/t27-/m0/s1. The average molecular weight is 464 g/mol. The lowest BCUT2D eigenvalue weighted by Gasteiger charge is -2.32. The van der Waals surface area contributed by atoms with Gasteiger partial charge in [0.05, 0.1) is 19.9 Å². The van der Waals surface area contributed by atoms with E-state index in [0.29, 0.717) is 19.8 Å². The van der Waals surface area contributed by atoms with Crippen LogP contribution in [0.25, 0.3) is 0 Å². The smallest absolute Gasteiger partial charge is 0.326 e. The van der Waals surface area contributed by atoms with Crippen LogP contribution < -0.4 is 14.8 Å². The van der Waals surface area contributed by atoms with Gasteiger partial charge in [-0.2, -0.15) is 0 Å². The maximum atomic E-state index is 13.5. The zero-order valence-corrected chi connectivity index (χ0v) is 20.3. The summed E-state index contributed by atoms with van der Waals surface area (Å²) in [6.45, 7) is 8.56. The number of rotatable bonds is 7. The first-order valence-electron chi connectivity index (χ1n) is 12.3. The van der Waals surface area contributed by atoms with Crippen LogP contribution >= 0.6 is 0 Å². The van der Waals surface area contributed by atoms with Crippen molar-refractivity contribution in [1.82, 2.24) is 15.1 Å². The summed E-state index contributed by atoms with van der Waals surface area (Å²) >= 11 is 0. The Bertz CT molecular complexity index is 1130. The van der Waals surface area contributed by atoms with Gasteiger partial charge >= 0.3 is 6.03 Å². The molecule has 0 saturated carbocycles. The first-order valence-corrected chi connectivity index (χ1v) is 12.3. The van der Waals surface area contributed by atoms with E-state index in [2.05, 4.69) is 28.4 Å². The minimum absolute atomic E-state index is 0.192. The van der Waals surface area contributed by atoms with E-state index in [4.69, 9.17) is 9.47 Å². The van der Waals surface area contributed by atoms with Gasteiger partial charge in [-0.1, -0.05) is 18.2 Å². The first-order chi connectivity index (χ1) is 16.4. The molecule has 1 saturated heterocycles. The van der Waals surface area contributed by atoms with Gasteiger partial charge in [-0.15, -0.1) is 0 Å². The number of hydrogen-bond acceptors (Lipinski definition) is 5. The molecule has 0 bridgehead atoms. The maximum absolute atomic E-state index is 13.5. The van der Waals surface area contributed by atoms with Gasteiger partial charge < -0.3 is 14.8 Å². The Labute approximate surface area is 201 Å². The number of aryl methyl sites for hydroxylation is 2. The van der Waals surface area contributed by atoms with Crippen molar-refractivity contribution < 1.29 is 19.1 Å². The predicted molar refractivity (Wildman–Crippen MR) is 129 cm³/mol. The molecule has 34 heavy (non-hydrogen) atoms. The molecular weight excluding hydrogens is 430 g/mol. The number of imide groups is 1. The van der Waals surface area contributed by atoms with Crippen molar-refractivity contribution in [3.05, 3.63) is 58.1 Å². The highest BCUT2D eigenvalue weighted by molar-refractivity contribution is 6.07. The molecule has 1 N–H and O–H groups in total. The topological polar surface area (TPSA) is 71.1 Å². The molecule has 3 aliphatic rings. The molecule has 3 amide bonds. The second kappa shape index (κ2) is 8.95. The average Bonchev–Trinajstić information content (AvgIpc) is 3.38. The lowest BCUT2D eigenvalue weighted by molar-refractivity contribution is -0.132. The summed E-state index contributed by atoms with van der Waals surface area (Å²) in [7, 11) is 0. The zero-order chi connectivity index (χ0) is 23.9. The lowest BCUT2D eigenvalue weighted by Crippen LogP contribution is -2.45. The molecular formula is C27H33N3O4. The van der Waals surface area contributed by atoms with Gasteiger partial charge in [0, 0.05) is 13.1 Å². The molecule has 0 unspecified atom stereocenters. The zero-order valence-electron chi connectivity index (χ0n) is 20.3. The molecule has 1 fully saturated rings. The highest BCUT2D eigenvalue weighted by Crippen LogP contribution is 2.35. The van der Waals surface area contributed by atoms with E-state index in [1.165, 1.54) is 21.6 Å². The van der Waals surface area contributed by atoms with Crippen LogP contribution in [-0.4, -0.2) is 48.2 Å². The van der Waals surface area contributed by atoms with Crippen LogP contribution in [0.5, 0.6) is 11.5 Å². The van der Waals surface area contributed by atoms with E-state index < -0.39 is 5.54 Å². The Morgan fingerprint density at radius 1 is 0.912 bits per heavy atom. The molecule has 1 atom stereocenters. The summed E-state index contributed by atoms with van der Waals surface area (Å²) in [6, 6.07) is 9.98. The lowest BCUT2D eigenvalue weighted by atomic mass is 9.90. The van der Waals surface area contributed by atoms with E-state index in [9.17, 15) is 9.59 Å². The number of urea groups is 1. The molecule has 0 spiro atoms. The van der Waals surface area contributed by atoms with Crippen molar-refractivity contribution in [2.45, 2.75) is 58.5 Å². The molecule has 7 nitrogen and oxygen atoms in total. The summed E-state index contributed by atoms with van der Waals surface area (Å²) in [5, 5.41) is 2.97. The highest BCUT2D eigenvalue weighted by Gasteiger charge is 2.49. The van der Waals surface area contributed by atoms with E-state index in [1.807, 2.05) is 32.9 Å². The Hall–Kier alpha value is -3.06. The van der Waals surface area contributed by atoms with Crippen molar-refractivity contribution in [3.8, 4) is 11.5 Å². The minimum atomic E-state index is -1.03. The van der Waals surface area contributed by atoms with E-state index in [-0.39, 0.29) is 18.6 Å².